The summed E-state index contributed by atoms with van der Waals surface area (Å²) in [7, 11) is 1.43. The van der Waals surface area contributed by atoms with Gasteiger partial charge in [-0.15, -0.1) is 0 Å². The first kappa shape index (κ1) is 20.9. The molecule has 3 nitrogen and oxygen atoms in total. The second-order valence-electron chi connectivity index (χ2n) is 10.7. The summed E-state index contributed by atoms with van der Waals surface area (Å²) >= 11 is 0. The Morgan fingerprint density at radius 3 is 2.79 bits per heavy atom. The molecule has 0 aromatic heterocycles. The zero-order chi connectivity index (χ0) is 20.8. The average Bonchev–Trinajstić information content (AvgIpc) is 2.83. The summed E-state index contributed by atoms with van der Waals surface area (Å²) in [4.78, 5) is 11.5. The van der Waals surface area contributed by atoms with Gasteiger partial charge in [-0.25, -0.2) is 4.79 Å². The number of hydrogen-bond donors (Lipinski definition) is 1. The zero-order valence-electron chi connectivity index (χ0n) is 18.6. The lowest BCUT2D eigenvalue weighted by molar-refractivity contribution is -0.134. The van der Waals surface area contributed by atoms with Crippen LogP contribution in [-0.4, -0.2) is 23.8 Å². The lowest BCUT2D eigenvalue weighted by Gasteiger charge is -2.53. The predicted molar refractivity (Wildman–Crippen MR) is 116 cm³/mol. The number of esters is 1. The number of rotatable bonds is 3. The van der Waals surface area contributed by atoms with Gasteiger partial charge in [-0.05, 0) is 93.3 Å². The molecule has 4 aliphatic rings. The van der Waals surface area contributed by atoms with Gasteiger partial charge < -0.3 is 9.84 Å². The Kier molecular flexibility index (Phi) is 5.57. The van der Waals surface area contributed by atoms with E-state index in [1.54, 1.807) is 6.08 Å². The third-order valence-corrected chi connectivity index (χ3v) is 8.85. The van der Waals surface area contributed by atoms with E-state index in [4.69, 9.17) is 4.74 Å². The van der Waals surface area contributed by atoms with Crippen LogP contribution in [0.3, 0.4) is 0 Å². The van der Waals surface area contributed by atoms with Gasteiger partial charge in [0.1, 0.15) is 0 Å². The summed E-state index contributed by atoms with van der Waals surface area (Å²) in [6, 6.07) is 0. The summed E-state index contributed by atoms with van der Waals surface area (Å²) in [5, 5.41) is 10.6. The molecule has 1 N–H and O–H groups in total. The highest BCUT2D eigenvalue weighted by molar-refractivity contribution is 5.81. The molecule has 0 amide bonds. The molecule has 0 aliphatic heterocycles. The van der Waals surface area contributed by atoms with Crippen molar-refractivity contribution in [3.63, 3.8) is 0 Å². The van der Waals surface area contributed by atoms with Crippen molar-refractivity contribution in [1.82, 2.24) is 0 Å². The highest BCUT2D eigenvalue weighted by atomic mass is 16.5. The van der Waals surface area contributed by atoms with Crippen molar-refractivity contribution in [3.05, 3.63) is 35.5 Å². The van der Waals surface area contributed by atoms with Gasteiger partial charge in [0.2, 0.25) is 0 Å². The Bertz CT molecular complexity index is 743. The van der Waals surface area contributed by atoms with Crippen LogP contribution in [0.15, 0.2) is 35.5 Å². The Morgan fingerprint density at radius 1 is 1.24 bits per heavy atom. The molecular weight excluding hydrogens is 360 g/mol. The minimum atomic E-state index is -0.519. The van der Waals surface area contributed by atoms with E-state index < -0.39 is 5.60 Å². The summed E-state index contributed by atoms with van der Waals surface area (Å²) < 4.78 is 4.76. The third-order valence-electron chi connectivity index (χ3n) is 8.85. The molecule has 0 saturated heterocycles. The van der Waals surface area contributed by atoms with Gasteiger partial charge in [-0.1, -0.05) is 43.2 Å². The van der Waals surface area contributed by atoms with Crippen molar-refractivity contribution in [2.24, 2.45) is 35.0 Å². The van der Waals surface area contributed by atoms with Crippen molar-refractivity contribution in [3.8, 4) is 0 Å². The number of carbonyl (C=O) groups is 1. The van der Waals surface area contributed by atoms with Gasteiger partial charge >= 0.3 is 5.97 Å². The molecule has 2 bridgehead atoms. The minimum Gasteiger partial charge on any atom is -0.466 e. The number of carbonyl (C=O) groups excluding carboxylic acids is 1. The Hall–Kier alpha value is -1.35. The highest BCUT2D eigenvalue weighted by Gasteiger charge is 2.51. The molecule has 1 unspecified atom stereocenters. The Labute approximate surface area is 176 Å². The van der Waals surface area contributed by atoms with E-state index in [1.807, 2.05) is 13.0 Å². The lowest BCUT2D eigenvalue weighted by Crippen LogP contribution is -2.46. The van der Waals surface area contributed by atoms with Crippen LogP contribution in [0, 0.1) is 35.0 Å². The number of aliphatic hydroxyl groups is 1. The molecule has 0 aromatic rings. The molecular formula is C26H38O3. The Balaban J connectivity index is 1.53. The van der Waals surface area contributed by atoms with Crippen molar-refractivity contribution in [1.29, 1.82) is 0 Å². The van der Waals surface area contributed by atoms with Crippen molar-refractivity contribution in [2.75, 3.05) is 7.11 Å². The van der Waals surface area contributed by atoms with Crippen molar-refractivity contribution >= 4 is 5.97 Å². The van der Waals surface area contributed by atoms with E-state index >= 15 is 0 Å². The quantitative estimate of drug-likeness (QED) is 0.382. The molecule has 0 aromatic carbocycles. The van der Waals surface area contributed by atoms with Crippen LogP contribution in [0.2, 0.25) is 0 Å². The van der Waals surface area contributed by atoms with Crippen LogP contribution >= 0.6 is 0 Å². The second kappa shape index (κ2) is 7.72. The number of hydrogen-bond acceptors (Lipinski definition) is 3. The molecule has 7 atom stereocenters. The largest absolute Gasteiger partial charge is 0.466 e. The summed E-state index contributed by atoms with van der Waals surface area (Å²) in [6.07, 6.45) is 17.8. The fourth-order valence-electron chi connectivity index (χ4n) is 7.11. The molecule has 3 heteroatoms. The predicted octanol–water partition coefficient (Wildman–Crippen LogP) is 5.60. The van der Waals surface area contributed by atoms with Gasteiger partial charge in [0.05, 0.1) is 12.7 Å². The topological polar surface area (TPSA) is 46.5 Å². The fourth-order valence-corrected chi connectivity index (χ4v) is 7.11. The molecule has 0 spiro atoms. The molecule has 4 rings (SSSR count). The smallest absolute Gasteiger partial charge is 0.330 e. The highest BCUT2D eigenvalue weighted by Crippen LogP contribution is 2.60. The first-order valence-corrected chi connectivity index (χ1v) is 11.6. The fraction of sp³-hybridized carbons (Fsp3) is 0.731. The molecule has 4 aliphatic carbocycles. The Morgan fingerprint density at radius 2 is 2.03 bits per heavy atom. The second-order valence-corrected chi connectivity index (χ2v) is 10.7. The molecule has 2 fully saturated rings. The van der Waals surface area contributed by atoms with E-state index in [9.17, 15) is 9.90 Å². The van der Waals surface area contributed by atoms with Crippen molar-refractivity contribution < 1.29 is 14.6 Å². The SMILES string of the molecule is COC(=O)/C=C/[C@@H](C)C1=CC[C@@H]2C[C@H]1CC[C@H]1C2CC=C2C[C@@](C)(O)CC[C@@]21C. The number of allylic oxidation sites excluding steroid dienone is 4. The number of fused-ring (bicyclic) bond motifs is 6. The first-order chi connectivity index (χ1) is 13.7. The zero-order valence-corrected chi connectivity index (χ0v) is 18.6. The summed E-state index contributed by atoms with van der Waals surface area (Å²) in [5.74, 6) is 3.00. The molecule has 29 heavy (non-hydrogen) atoms. The van der Waals surface area contributed by atoms with Crippen LogP contribution in [0.25, 0.3) is 0 Å². The maximum absolute atomic E-state index is 11.5. The van der Waals surface area contributed by atoms with Crippen LogP contribution in [0.1, 0.15) is 72.1 Å². The molecule has 160 valence electrons. The van der Waals surface area contributed by atoms with E-state index in [-0.39, 0.29) is 11.4 Å². The van der Waals surface area contributed by atoms with Gasteiger partial charge in [-0.2, -0.15) is 0 Å². The lowest BCUT2D eigenvalue weighted by atomic mass is 9.52. The standard InChI is InChI=1S/C26H38O3/c1-17(5-12-24(27)29-4)21-9-6-19-15-18(21)7-11-23-22(19)10-8-20-16-25(2,28)13-14-26(20,23)3/h5,8-9,12,17-19,22-23,28H,6-7,10-11,13-16H2,1-4H3/b12-5+/t17-,18-,19-,22?,23+,25+,26+/m1/s1. The number of ether oxygens (including phenoxy) is 1. The van der Waals surface area contributed by atoms with Crippen LogP contribution < -0.4 is 0 Å². The molecule has 0 radical (unpaired) electrons. The average molecular weight is 399 g/mol. The third kappa shape index (κ3) is 3.87. The van der Waals surface area contributed by atoms with Gasteiger partial charge in [0.25, 0.3) is 0 Å². The first-order valence-electron chi connectivity index (χ1n) is 11.6. The van der Waals surface area contributed by atoms with Crippen LogP contribution in [0.4, 0.5) is 0 Å². The van der Waals surface area contributed by atoms with Crippen molar-refractivity contribution in [2.45, 2.75) is 77.7 Å². The summed E-state index contributed by atoms with van der Waals surface area (Å²) in [5.41, 5.74) is 2.83. The minimum absolute atomic E-state index is 0.266. The van der Waals surface area contributed by atoms with Crippen LogP contribution in [0.5, 0.6) is 0 Å². The van der Waals surface area contributed by atoms with E-state index in [1.165, 1.54) is 50.4 Å². The van der Waals surface area contributed by atoms with Gasteiger partial charge in [-0.3, -0.25) is 0 Å². The van der Waals surface area contributed by atoms with Crippen LogP contribution in [-0.2, 0) is 9.53 Å². The van der Waals surface area contributed by atoms with Gasteiger partial charge in [0, 0.05) is 6.08 Å². The maximum Gasteiger partial charge on any atom is 0.330 e. The molecule has 0 heterocycles. The molecule has 2 saturated carbocycles. The number of methoxy groups -OCH3 is 1. The van der Waals surface area contributed by atoms with Gasteiger partial charge in [0.15, 0.2) is 0 Å². The van der Waals surface area contributed by atoms with E-state index in [0.717, 1.165) is 37.0 Å². The summed E-state index contributed by atoms with van der Waals surface area (Å²) in [6.45, 7) is 6.73. The van der Waals surface area contributed by atoms with E-state index in [2.05, 4.69) is 26.0 Å². The monoisotopic (exact) mass is 398 g/mol. The maximum atomic E-state index is 11.5. The normalized spacial score (nSPS) is 42.8. The van der Waals surface area contributed by atoms with E-state index in [0.29, 0.717) is 11.8 Å².